The van der Waals surface area contributed by atoms with Crippen LogP contribution in [0.15, 0.2) is 12.7 Å². The molecule has 0 aromatic rings. The first-order valence-electron chi connectivity index (χ1n) is 6.26. The molecule has 0 saturated carbocycles. The molecule has 2 heteroatoms. The van der Waals surface area contributed by atoms with Crippen molar-refractivity contribution in [2.75, 3.05) is 6.61 Å². The van der Waals surface area contributed by atoms with Gasteiger partial charge in [0, 0.05) is 18.7 Å². The molecule has 0 amide bonds. The minimum absolute atomic E-state index is 0.433. The highest BCUT2D eigenvalue weighted by Crippen LogP contribution is 2.16. The third kappa shape index (κ3) is 4.35. The molecule has 0 aromatic heterocycles. The van der Waals surface area contributed by atoms with Gasteiger partial charge in [0.05, 0.1) is 6.10 Å². The smallest absolute Gasteiger partial charge is 0.0726 e. The lowest BCUT2D eigenvalue weighted by Gasteiger charge is -2.25. The van der Waals surface area contributed by atoms with E-state index in [2.05, 4.69) is 25.7 Å². The van der Waals surface area contributed by atoms with E-state index in [1.165, 1.54) is 25.7 Å². The predicted molar refractivity (Wildman–Crippen MR) is 65.1 cm³/mol. The van der Waals surface area contributed by atoms with Crippen molar-refractivity contribution < 1.29 is 4.74 Å². The Hall–Kier alpha value is -0.340. The zero-order chi connectivity index (χ0) is 11.1. The molecule has 1 rings (SSSR count). The Bertz CT molecular complexity index is 175. The van der Waals surface area contributed by atoms with E-state index >= 15 is 0 Å². The molecule has 1 aliphatic rings. The fraction of sp³-hybridized carbons (Fsp3) is 0.846. The highest BCUT2D eigenvalue weighted by atomic mass is 16.5. The Kier molecular flexibility index (Phi) is 5.96. The van der Waals surface area contributed by atoms with E-state index in [0.29, 0.717) is 18.2 Å². The average Bonchev–Trinajstić information content (AvgIpc) is 2.77. The summed E-state index contributed by atoms with van der Waals surface area (Å²) >= 11 is 0. The van der Waals surface area contributed by atoms with Crippen molar-refractivity contribution >= 4 is 0 Å². The van der Waals surface area contributed by atoms with Crippen molar-refractivity contribution in [2.45, 2.75) is 64.1 Å². The minimum atomic E-state index is 0.433. The Balaban J connectivity index is 2.26. The third-order valence-corrected chi connectivity index (χ3v) is 3.23. The van der Waals surface area contributed by atoms with Gasteiger partial charge in [-0.2, -0.15) is 0 Å². The van der Waals surface area contributed by atoms with Crippen LogP contribution in [0.4, 0.5) is 0 Å². The highest BCUT2D eigenvalue weighted by Gasteiger charge is 2.23. The van der Waals surface area contributed by atoms with Gasteiger partial charge in [-0.05, 0) is 39.0 Å². The van der Waals surface area contributed by atoms with Crippen LogP contribution in [0.3, 0.4) is 0 Å². The van der Waals surface area contributed by atoms with Gasteiger partial charge >= 0.3 is 0 Å². The lowest BCUT2D eigenvalue weighted by molar-refractivity contribution is 0.0790. The second-order valence-corrected chi connectivity index (χ2v) is 4.48. The van der Waals surface area contributed by atoms with Crippen LogP contribution in [0, 0.1) is 0 Å². The second kappa shape index (κ2) is 7.02. The van der Waals surface area contributed by atoms with Crippen molar-refractivity contribution in [1.29, 1.82) is 0 Å². The summed E-state index contributed by atoms with van der Waals surface area (Å²) < 4.78 is 5.68. The highest BCUT2D eigenvalue weighted by molar-refractivity contribution is 4.81. The van der Waals surface area contributed by atoms with Crippen LogP contribution in [0.5, 0.6) is 0 Å². The lowest BCUT2D eigenvalue weighted by atomic mass is 10.0. The van der Waals surface area contributed by atoms with Crippen LogP contribution < -0.4 is 5.32 Å². The van der Waals surface area contributed by atoms with Crippen LogP contribution >= 0.6 is 0 Å². The summed E-state index contributed by atoms with van der Waals surface area (Å²) in [6.45, 7) is 9.20. The zero-order valence-corrected chi connectivity index (χ0v) is 10.2. The summed E-state index contributed by atoms with van der Waals surface area (Å²) in [6, 6.07) is 1.10. The van der Waals surface area contributed by atoms with E-state index in [0.717, 1.165) is 13.0 Å². The molecule has 1 fully saturated rings. The summed E-state index contributed by atoms with van der Waals surface area (Å²) in [4.78, 5) is 0. The second-order valence-electron chi connectivity index (χ2n) is 4.48. The maximum absolute atomic E-state index is 5.68. The Morgan fingerprint density at radius 3 is 2.93 bits per heavy atom. The summed E-state index contributed by atoms with van der Waals surface area (Å²) in [5.74, 6) is 0. The zero-order valence-electron chi connectivity index (χ0n) is 10.2. The van der Waals surface area contributed by atoms with Crippen LogP contribution in [0.1, 0.15) is 46.0 Å². The number of rotatable bonds is 7. The van der Waals surface area contributed by atoms with Crippen molar-refractivity contribution in [2.24, 2.45) is 0 Å². The maximum Gasteiger partial charge on any atom is 0.0726 e. The van der Waals surface area contributed by atoms with Crippen LogP contribution in [0.25, 0.3) is 0 Å². The van der Waals surface area contributed by atoms with E-state index in [9.17, 15) is 0 Å². The van der Waals surface area contributed by atoms with E-state index < -0.39 is 0 Å². The van der Waals surface area contributed by atoms with Crippen LogP contribution in [-0.4, -0.2) is 24.8 Å². The fourth-order valence-electron chi connectivity index (χ4n) is 2.20. The molecule has 1 N–H and O–H groups in total. The van der Waals surface area contributed by atoms with Gasteiger partial charge in [-0.1, -0.05) is 13.0 Å². The van der Waals surface area contributed by atoms with Gasteiger partial charge in [0.1, 0.15) is 0 Å². The third-order valence-electron chi connectivity index (χ3n) is 3.23. The topological polar surface area (TPSA) is 21.3 Å². The van der Waals surface area contributed by atoms with Gasteiger partial charge < -0.3 is 10.1 Å². The molecule has 0 spiro atoms. The Morgan fingerprint density at radius 1 is 1.60 bits per heavy atom. The van der Waals surface area contributed by atoms with E-state index in [4.69, 9.17) is 4.74 Å². The number of hydrogen-bond donors (Lipinski definition) is 1. The van der Waals surface area contributed by atoms with Crippen molar-refractivity contribution in [3.63, 3.8) is 0 Å². The first-order chi connectivity index (χ1) is 7.27. The molecule has 0 aromatic carbocycles. The monoisotopic (exact) mass is 211 g/mol. The summed E-state index contributed by atoms with van der Waals surface area (Å²) in [6.07, 6.45) is 8.35. The maximum atomic E-state index is 5.68. The van der Waals surface area contributed by atoms with Gasteiger partial charge in [-0.3, -0.25) is 0 Å². The molecule has 1 saturated heterocycles. The molecule has 15 heavy (non-hydrogen) atoms. The molecule has 1 heterocycles. The lowest BCUT2D eigenvalue weighted by Crippen LogP contribution is -2.43. The van der Waals surface area contributed by atoms with Crippen LogP contribution in [-0.2, 0) is 4.74 Å². The molecule has 2 nitrogen and oxygen atoms in total. The van der Waals surface area contributed by atoms with Gasteiger partial charge in [0.25, 0.3) is 0 Å². The average molecular weight is 211 g/mol. The largest absolute Gasteiger partial charge is 0.377 e. The molecule has 0 radical (unpaired) electrons. The molecular weight excluding hydrogens is 186 g/mol. The Morgan fingerprint density at radius 2 is 2.40 bits per heavy atom. The normalized spacial score (nSPS) is 25.1. The van der Waals surface area contributed by atoms with Crippen molar-refractivity contribution in [1.82, 2.24) is 5.32 Å². The molecule has 0 unspecified atom stereocenters. The van der Waals surface area contributed by atoms with Gasteiger partial charge in [-0.15, -0.1) is 6.58 Å². The van der Waals surface area contributed by atoms with Crippen molar-refractivity contribution in [3.05, 3.63) is 12.7 Å². The summed E-state index contributed by atoms with van der Waals surface area (Å²) in [7, 11) is 0. The molecule has 1 aliphatic heterocycles. The number of ether oxygens (including phenoxy) is 1. The Labute approximate surface area is 94.1 Å². The number of hydrogen-bond acceptors (Lipinski definition) is 2. The number of nitrogens with one attached hydrogen (secondary N) is 1. The van der Waals surface area contributed by atoms with E-state index in [1.54, 1.807) is 0 Å². The van der Waals surface area contributed by atoms with E-state index in [-0.39, 0.29) is 0 Å². The van der Waals surface area contributed by atoms with E-state index in [1.807, 2.05) is 6.08 Å². The van der Waals surface area contributed by atoms with Crippen LogP contribution in [0.2, 0.25) is 0 Å². The van der Waals surface area contributed by atoms with Gasteiger partial charge in [0.15, 0.2) is 0 Å². The first kappa shape index (κ1) is 12.7. The predicted octanol–water partition coefficient (Wildman–Crippen LogP) is 2.89. The standard InChI is InChI=1S/C13H25NO/c1-4-6-8-12(5-2)14-11(3)13-9-7-10-15-13/h4,11-14H,1,5-10H2,2-3H3/t11-,12-,13+/m0/s1. The molecule has 3 atom stereocenters. The fourth-order valence-corrected chi connectivity index (χ4v) is 2.20. The summed E-state index contributed by atoms with van der Waals surface area (Å²) in [5, 5.41) is 3.67. The molecule has 88 valence electrons. The summed E-state index contributed by atoms with van der Waals surface area (Å²) in [5.41, 5.74) is 0. The molecule has 0 bridgehead atoms. The van der Waals surface area contributed by atoms with Gasteiger partial charge in [0.2, 0.25) is 0 Å². The first-order valence-corrected chi connectivity index (χ1v) is 6.26. The molecular formula is C13H25NO. The molecule has 0 aliphatic carbocycles. The number of allylic oxidation sites excluding steroid dienone is 1. The minimum Gasteiger partial charge on any atom is -0.377 e. The van der Waals surface area contributed by atoms with Crippen molar-refractivity contribution in [3.8, 4) is 0 Å². The van der Waals surface area contributed by atoms with Gasteiger partial charge in [-0.25, -0.2) is 0 Å². The SMILES string of the molecule is C=CCC[C@H](CC)N[C@@H](C)[C@H]1CCCO1. The quantitative estimate of drug-likeness (QED) is 0.654.